The van der Waals surface area contributed by atoms with Crippen LogP contribution in [0.1, 0.15) is 18.2 Å². The van der Waals surface area contributed by atoms with Gasteiger partial charge >= 0.3 is 0 Å². The third-order valence-electron chi connectivity index (χ3n) is 3.05. The first-order valence-electron chi connectivity index (χ1n) is 7.18. The number of rotatable bonds is 6. The van der Waals surface area contributed by atoms with E-state index in [4.69, 9.17) is 4.42 Å². The zero-order valence-corrected chi connectivity index (χ0v) is 12.4. The monoisotopic (exact) mass is 307 g/mol. The second kappa shape index (κ2) is 8.17. The second-order valence-corrected chi connectivity index (χ2v) is 4.65. The van der Waals surface area contributed by atoms with Crippen LogP contribution in [0.15, 0.2) is 46.0 Å². The fourth-order valence-electron chi connectivity index (χ4n) is 1.98. The molecule has 0 amide bonds. The molecule has 4 nitrogen and oxygen atoms in total. The summed E-state index contributed by atoms with van der Waals surface area (Å²) in [6.45, 7) is 3.41. The highest BCUT2D eigenvalue weighted by molar-refractivity contribution is 5.79. The maximum absolute atomic E-state index is 13.5. The summed E-state index contributed by atoms with van der Waals surface area (Å²) < 4.78 is 32.3. The molecule has 0 aliphatic carbocycles. The van der Waals surface area contributed by atoms with E-state index in [0.29, 0.717) is 25.6 Å². The van der Waals surface area contributed by atoms with Gasteiger partial charge in [-0.25, -0.2) is 13.8 Å². The number of nitrogens with one attached hydrogen (secondary N) is 2. The van der Waals surface area contributed by atoms with Crippen molar-refractivity contribution >= 4 is 5.96 Å². The molecule has 2 N–H and O–H groups in total. The minimum atomic E-state index is -0.528. The molecule has 1 heterocycles. The first kappa shape index (κ1) is 16.0. The Morgan fingerprint density at radius 3 is 2.55 bits per heavy atom. The van der Waals surface area contributed by atoms with E-state index in [9.17, 15) is 8.78 Å². The van der Waals surface area contributed by atoms with E-state index in [2.05, 4.69) is 15.6 Å². The third kappa shape index (κ3) is 4.58. The van der Waals surface area contributed by atoms with Gasteiger partial charge in [-0.2, -0.15) is 0 Å². The molecular formula is C16H19F2N3O. The molecule has 0 radical (unpaired) electrons. The van der Waals surface area contributed by atoms with Gasteiger partial charge in [-0.15, -0.1) is 0 Å². The van der Waals surface area contributed by atoms with E-state index in [1.807, 2.05) is 13.0 Å². The minimum Gasteiger partial charge on any atom is -0.467 e. The summed E-state index contributed by atoms with van der Waals surface area (Å²) in [7, 11) is 0. The molecule has 0 saturated carbocycles. The van der Waals surface area contributed by atoms with Crippen molar-refractivity contribution in [2.45, 2.75) is 19.9 Å². The maximum Gasteiger partial charge on any atom is 0.191 e. The molecule has 2 aromatic rings. The van der Waals surface area contributed by atoms with Crippen LogP contribution in [0.3, 0.4) is 0 Å². The van der Waals surface area contributed by atoms with Crippen molar-refractivity contribution in [2.75, 3.05) is 13.1 Å². The number of nitrogens with zero attached hydrogens (tertiary/aromatic N) is 1. The zero-order chi connectivity index (χ0) is 15.8. The van der Waals surface area contributed by atoms with Crippen LogP contribution in [-0.4, -0.2) is 19.0 Å². The highest BCUT2D eigenvalue weighted by Gasteiger charge is 2.08. The number of benzene rings is 1. The number of furan rings is 1. The summed E-state index contributed by atoms with van der Waals surface area (Å²) in [5, 5.41) is 6.12. The topological polar surface area (TPSA) is 49.6 Å². The molecule has 118 valence electrons. The van der Waals surface area contributed by atoms with Crippen LogP contribution < -0.4 is 10.6 Å². The Hall–Kier alpha value is -2.37. The van der Waals surface area contributed by atoms with Gasteiger partial charge in [0, 0.05) is 18.7 Å². The number of guanidine groups is 1. The van der Waals surface area contributed by atoms with Crippen LogP contribution in [0, 0.1) is 11.6 Å². The van der Waals surface area contributed by atoms with Gasteiger partial charge in [0.25, 0.3) is 0 Å². The molecule has 0 atom stereocenters. The second-order valence-electron chi connectivity index (χ2n) is 4.65. The Labute approximate surface area is 128 Å². The number of hydrogen-bond acceptors (Lipinski definition) is 2. The lowest BCUT2D eigenvalue weighted by atomic mass is 10.1. The average molecular weight is 307 g/mol. The summed E-state index contributed by atoms with van der Waals surface area (Å²) in [6, 6.07) is 7.51. The number of hydrogen-bond donors (Lipinski definition) is 2. The van der Waals surface area contributed by atoms with Crippen LogP contribution in [0.2, 0.25) is 0 Å². The molecular weight excluding hydrogens is 288 g/mol. The summed E-state index contributed by atoms with van der Waals surface area (Å²) in [4.78, 5) is 4.35. The molecule has 1 aromatic heterocycles. The quantitative estimate of drug-likeness (QED) is 0.637. The van der Waals surface area contributed by atoms with E-state index < -0.39 is 11.6 Å². The van der Waals surface area contributed by atoms with Gasteiger partial charge in [-0.05, 0) is 37.6 Å². The molecule has 22 heavy (non-hydrogen) atoms. The lowest BCUT2D eigenvalue weighted by molar-refractivity contribution is 0.512. The van der Waals surface area contributed by atoms with Gasteiger partial charge in [0.2, 0.25) is 0 Å². The zero-order valence-electron chi connectivity index (χ0n) is 12.4. The van der Waals surface area contributed by atoms with Gasteiger partial charge in [-0.3, -0.25) is 0 Å². The Morgan fingerprint density at radius 1 is 1.14 bits per heavy atom. The fraction of sp³-hybridized carbons (Fsp3) is 0.312. The van der Waals surface area contributed by atoms with Crippen LogP contribution in [0.4, 0.5) is 8.78 Å². The molecule has 0 spiro atoms. The molecule has 6 heteroatoms. The highest BCUT2D eigenvalue weighted by atomic mass is 19.1. The lowest BCUT2D eigenvalue weighted by Crippen LogP contribution is -2.38. The molecule has 0 aliphatic heterocycles. The number of aliphatic imine (C=N–C) groups is 1. The Balaban J connectivity index is 1.90. The van der Waals surface area contributed by atoms with Crippen LogP contribution in [0.5, 0.6) is 0 Å². The highest BCUT2D eigenvalue weighted by Crippen LogP contribution is 2.12. The first-order chi connectivity index (χ1) is 10.7. The molecule has 0 bridgehead atoms. The van der Waals surface area contributed by atoms with Crippen LogP contribution in [0.25, 0.3) is 0 Å². The van der Waals surface area contributed by atoms with E-state index in [1.54, 1.807) is 12.3 Å². The molecule has 0 fully saturated rings. The van der Waals surface area contributed by atoms with Gasteiger partial charge in [0.05, 0.1) is 6.26 Å². The van der Waals surface area contributed by atoms with Crippen molar-refractivity contribution in [3.63, 3.8) is 0 Å². The van der Waals surface area contributed by atoms with Gasteiger partial charge in [-0.1, -0.05) is 6.07 Å². The van der Waals surface area contributed by atoms with Crippen molar-refractivity contribution in [2.24, 2.45) is 4.99 Å². The Morgan fingerprint density at radius 2 is 1.91 bits per heavy atom. The average Bonchev–Trinajstić information content (AvgIpc) is 3.01. The minimum absolute atomic E-state index is 0.0804. The largest absolute Gasteiger partial charge is 0.467 e. The predicted molar refractivity (Wildman–Crippen MR) is 81.6 cm³/mol. The van der Waals surface area contributed by atoms with Crippen molar-refractivity contribution in [3.05, 3.63) is 59.6 Å². The summed E-state index contributed by atoms with van der Waals surface area (Å²) >= 11 is 0. The molecule has 1 aromatic carbocycles. The summed E-state index contributed by atoms with van der Waals surface area (Å²) in [5.74, 6) is 0.270. The van der Waals surface area contributed by atoms with Crippen LogP contribution >= 0.6 is 0 Å². The van der Waals surface area contributed by atoms with Crippen molar-refractivity contribution in [3.8, 4) is 0 Å². The first-order valence-corrected chi connectivity index (χ1v) is 7.18. The Bertz CT molecular complexity index is 592. The SMILES string of the molecule is CCNC(=NCc1ccco1)NCCc1c(F)cccc1F. The van der Waals surface area contributed by atoms with Gasteiger partial charge in [0.15, 0.2) is 5.96 Å². The lowest BCUT2D eigenvalue weighted by Gasteiger charge is -2.11. The molecule has 2 rings (SSSR count). The van der Waals surface area contributed by atoms with Crippen LogP contribution in [-0.2, 0) is 13.0 Å². The molecule has 0 saturated heterocycles. The Kier molecular flexibility index (Phi) is 5.94. The summed E-state index contributed by atoms with van der Waals surface area (Å²) in [5.41, 5.74) is 0.0804. The van der Waals surface area contributed by atoms with Gasteiger partial charge < -0.3 is 15.1 Å². The van der Waals surface area contributed by atoms with E-state index in [0.717, 1.165) is 5.76 Å². The summed E-state index contributed by atoms with van der Waals surface area (Å²) in [6.07, 6.45) is 1.83. The van der Waals surface area contributed by atoms with Crippen molar-refractivity contribution < 1.29 is 13.2 Å². The normalized spacial score (nSPS) is 11.5. The van der Waals surface area contributed by atoms with E-state index >= 15 is 0 Å². The fourth-order valence-corrected chi connectivity index (χ4v) is 1.98. The smallest absolute Gasteiger partial charge is 0.191 e. The molecule has 0 unspecified atom stereocenters. The van der Waals surface area contributed by atoms with Crippen molar-refractivity contribution in [1.82, 2.24) is 10.6 Å². The predicted octanol–water partition coefficient (Wildman–Crippen LogP) is 2.86. The maximum atomic E-state index is 13.5. The third-order valence-corrected chi connectivity index (χ3v) is 3.05. The van der Waals surface area contributed by atoms with E-state index in [-0.39, 0.29) is 12.0 Å². The van der Waals surface area contributed by atoms with Gasteiger partial charge in [0.1, 0.15) is 23.9 Å². The van der Waals surface area contributed by atoms with Crippen molar-refractivity contribution in [1.29, 1.82) is 0 Å². The van der Waals surface area contributed by atoms with E-state index in [1.165, 1.54) is 18.2 Å². The standard InChI is InChI=1S/C16H19F2N3O/c1-2-19-16(21-11-12-5-4-10-22-12)20-9-8-13-14(17)6-3-7-15(13)18/h3-7,10H,2,8-9,11H2,1H3,(H2,19,20,21). The molecule has 0 aliphatic rings. The number of halogens is 2.